The third-order valence-corrected chi connectivity index (χ3v) is 5.90. The number of benzene rings is 3. The lowest BCUT2D eigenvalue weighted by atomic mass is 10.0. The number of piperazine rings is 1. The van der Waals surface area contributed by atoms with E-state index in [0.717, 1.165) is 44.0 Å². The molecule has 0 atom stereocenters. The average molecular weight is 383 g/mol. The minimum Gasteiger partial charge on any atom is -0.367 e. The predicted molar refractivity (Wildman–Crippen MR) is 118 cm³/mol. The second-order valence-corrected chi connectivity index (χ2v) is 7.87. The number of amides is 1. The summed E-state index contributed by atoms with van der Waals surface area (Å²) < 4.78 is 0. The molecule has 5 rings (SSSR count). The van der Waals surface area contributed by atoms with Crippen LogP contribution in [0.3, 0.4) is 0 Å². The molecular weight excluding hydrogens is 358 g/mol. The van der Waals surface area contributed by atoms with Gasteiger partial charge in [-0.15, -0.1) is 0 Å². The standard InChI is InChI=1S/C25H25N3O/c29-24-17-22-10-5-11-23(25(22)26-24)28-14-12-27(13-15-28)18-19-6-4-9-21(16-19)20-7-2-1-3-8-20/h1-11,16H,12-15,17-18H2,(H,26,29). The molecule has 1 amide bonds. The predicted octanol–water partition coefficient (Wildman–Crippen LogP) is 4.17. The summed E-state index contributed by atoms with van der Waals surface area (Å²) in [5, 5.41) is 3.04. The SMILES string of the molecule is O=C1Cc2cccc(N3CCN(Cc4cccc(-c5ccccc5)c4)CC3)c2N1. The van der Waals surface area contributed by atoms with E-state index < -0.39 is 0 Å². The Morgan fingerprint density at radius 2 is 1.55 bits per heavy atom. The van der Waals surface area contributed by atoms with Crippen LogP contribution in [0.25, 0.3) is 11.1 Å². The van der Waals surface area contributed by atoms with Gasteiger partial charge in [0.15, 0.2) is 0 Å². The first-order valence-corrected chi connectivity index (χ1v) is 10.3. The number of anilines is 2. The quantitative estimate of drug-likeness (QED) is 0.734. The van der Waals surface area contributed by atoms with Gasteiger partial charge in [-0.05, 0) is 34.4 Å². The van der Waals surface area contributed by atoms with Gasteiger partial charge in [0.05, 0.1) is 17.8 Å². The van der Waals surface area contributed by atoms with E-state index in [9.17, 15) is 4.79 Å². The summed E-state index contributed by atoms with van der Waals surface area (Å²) in [5.74, 6) is 0.101. The molecule has 29 heavy (non-hydrogen) atoms. The summed E-state index contributed by atoms with van der Waals surface area (Å²) >= 11 is 0. The number of para-hydroxylation sites is 1. The molecule has 2 heterocycles. The largest absolute Gasteiger partial charge is 0.367 e. The number of hydrogen-bond acceptors (Lipinski definition) is 3. The number of nitrogens with zero attached hydrogens (tertiary/aromatic N) is 2. The maximum absolute atomic E-state index is 11.8. The van der Waals surface area contributed by atoms with Crippen LogP contribution >= 0.6 is 0 Å². The Balaban J connectivity index is 1.25. The molecule has 0 saturated carbocycles. The Morgan fingerprint density at radius 3 is 2.38 bits per heavy atom. The molecule has 3 aromatic rings. The lowest BCUT2D eigenvalue weighted by Gasteiger charge is -2.37. The smallest absolute Gasteiger partial charge is 0.228 e. The number of nitrogens with one attached hydrogen (secondary N) is 1. The Morgan fingerprint density at radius 1 is 0.793 bits per heavy atom. The Labute approximate surface area is 171 Å². The van der Waals surface area contributed by atoms with E-state index in [2.05, 4.69) is 81.8 Å². The van der Waals surface area contributed by atoms with Crippen molar-refractivity contribution in [2.45, 2.75) is 13.0 Å². The lowest BCUT2D eigenvalue weighted by molar-refractivity contribution is -0.115. The zero-order valence-corrected chi connectivity index (χ0v) is 16.5. The van der Waals surface area contributed by atoms with Crippen LogP contribution in [0.5, 0.6) is 0 Å². The lowest BCUT2D eigenvalue weighted by Crippen LogP contribution is -2.46. The van der Waals surface area contributed by atoms with Crippen molar-refractivity contribution in [3.05, 3.63) is 83.9 Å². The number of hydrogen-bond donors (Lipinski definition) is 1. The number of rotatable bonds is 4. The van der Waals surface area contributed by atoms with Gasteiger partial charge in [0, 0.05) is 32.7 Å². The maximum atomic E-state index is 11.8. The van der Waals surface area contributed by atoms with Gasteiger partial charge in [0.2, 0.25) is 5.91 Å². The second kappa shape index (κ2) is 7.72. The molecule has 4 nitrogen and oxygen atoms in total. The van der Waals surface area contributed by atoms with E-state index in [0.29, 0.717) is 6.42 Å². The molecule has 1 N–H and O–H groups in total. The van der Waals surface area contributed by atoms with Crippen molar-refractivity contribution in [2.24, 2.45) is 0 Å². The highest BCUT2D eigenvalue weighted by atomic mass is 16.1. The molecule has 0 aromatic heterocycles. The number of carbonyl (C=O) groups excluding carboxylic acids is 1. The van der Waals surface area contributed by atoms with Gasteiger partial charge in [-0.3, -0.25) is 9.69 Å². The van der Waals surface area contributed by atoms with Crippen LogP contribution in [-0.2, 0) is 17.8 Å². The molecule has 0 aliphatic carbocycles. The molecule has 0 bridgehead atoms. The molecule has 0 spiro atoms. The molecule has 1 fully saturated rings. The van der Waals surface area contributed by atoms with E-state index in [1.165, 1.54) is 22.4 Å². The Bertz CT molecular complexity index is 1020. The Hall–Kier alpha value is -3.11. The summed E-state index contributed by atoms with van der Waals surface area (Å²) in [5.41, 5.74) is 7.19. The Kier molecular flexibility index (Phi) is 4.78. The normalized spacial score (nSPS) is 16.6. The van der Waals surface area contributed by atoms with Crippen molar-refractivity contribution in [2.75, 3.05) is 36.4 Å². The second-order valence-electron chi connectivity index (χ2n) is 7.87. The highest BCUT2D eigenvalue weighted by Crippen LogP contribution is 2.34. The number of fused-ring (bicyclic) bond motifs is 1. The first-order valence-electron chi connectivity index (χ1n) is 10.3. The van der Waals surface area contributed by atoms with Crippen molar-refractivity contribution >= 4 is 17.3 Å². The molecule has 146 valence electrons. The fraction of sp³-hybridized carbons (Fsp3) is 0.240. The highest BCUT2D eigenvalue weighted by Gasteiger charge is 2.25. The minimum atomic E-state index is 0.101. The highest BCUT2D eigenvalue weighted by molar-refractivity contribution is 6.03. The third-order valence-electron chi connectivity index (χ3n) is 5.90. The average Bonchev–Trinajstić information content (AvgIpc) is 3.15. The van der Waals surface area contributed by atoms with E-state index in [4.69, 9.17) is 0 Å². The van der Waals surface area contributed by atoms with Crippen LogP contribution in [0.15, 0.2) is 72.8 Å². The van der Waals surface area contributed by atoms with Gasteiger partial charge in [0.25, 0.3) is 0 Å². The van der Waals surface area contributed by atoms with E-state index in [-0.39, 0.29) is 5.91 Å². The van der Waals surface area contributed by atoms with E-state index >= 15 is 0 Å². The van der Waals surface area contributed by atoms with Crippen LogP contribution in [-0.4, -0.2) is 37.0 Å². The molecule has 4 heteroatoms. The van der Waals surface area contributed by atoms with Crippen molar-refractivity contribution < 1.29 is 4.79 Å². The van der Waals surface area contributed by atoms with Crippen LogP contribution < -0.4 is 10.2 Å². The van der Waals surface area contributed by atoms with Crippen LogP contribution in [0.1, 0.15) is 11.1 Å². The van der Waals surface area contributed by atoms with Crippen molar-refractivity contribution in [1.29, 1.82) is 0 Å². The molecule has 2 aliphatic rings. The van der Waals surface area contributed by atoms with Crippen molar-refractivity contribution in [3.63, 3.8) is 0 Å². The number of carbonyl (C=O) groups is 1. The van der Waals surface area contributed by atoms with Gasteiger partial charge in [0.1, 0.15) is 0 Å². The van der Waals surface area contributed by atoms with Gasteiger partial charge < -0.3 is 10.2 Å². The monoisotopic (exact) mass is 383 g/mol. The van der Waals surface area contributed by atoms with Crippen LogP contribution in [0.4, 0.5) is 11.4 Å². The topological polar surface area (TPSA) is 35.6 Å². The van der Waals surface area contributed by atoms with Crippen LogP contribution in [0.2, 0.25) is 0 Å². The summed E-state index contributed by atoms with van der Waals surface area (Å²) in [7, 11) is 0. The maximum Gasteiger partial charge on any atom is 0.228 e. The first kappa shape index (κ1) is 18.0. The zero-order valence-electron chi connectivity index (χ0n) is 16.5. The van der Waals surface area contributed by atoms with Gasteiger partial charge in [-0.25, -0.2) is 0 Å². The van der Waals surface area contributed by atoms with E-state index in [1.807, 2.05) is 6.07 Å². The summed E-state index contributed by atoms with van der Waals surface area (Å²) in [6.45, 7) is 4.97. The van der Waals surface area contributed by atoms with Crippen molar-refractivity contribution in [3.8, 4) is 11.1 Å². The van der Waals surface area contributed by atoms with Gasteiger partial charge in [-0.2, -0.15) is 0 Å². The van der Waals surface area contributed by atoms with Gasteiger partial charge >= 0.3 is 0 Å². The van der Waals surface area contributed by atoms with Crippen molar-refractivity contribution in [1.82, 2.24) is 4.90 Å². The molecule has 2 aliphatic heterocycles. The zero-order chi connectivity index (χ0) is 19.6. The fourth-order valence-corrected chi connectivity index (χ4v) is 4.38. The summed E-state index contributed by atoms with van der Waals surface area (Å²) in [4.78, 5) is 16.7. The summed E-state index contributed by atoms with van der Waals surface area (Å²) in [6, 6.07) is 25.7. The van der Waals surface area contributed by atoms with Crippen LogP contribution in [0, 0.1) is 0 Å². The minimum absolute atomic E-state index is 0.101. The van der Waals surface area contributed by atoms with E-state index in [1.54, 1.807) is 0 Å². The first-order chi connectivity index (χ1) is 14.3. The van der Waals surface area contributed by atoms with Gasteiger partial charge in [-0.1, -0.05) is 60.7 Å². The molecule has 0 radical (unpaired) electrons. The fourth-order valence-electron chi connectivity index (χ4n) is 4.38. The summed E-state index contributed by atoms with van der Waals surface area (Å²) in [6.07, 6.45) is 0.501. The molecule has 1 saturated heterocycles. The molecular formula is C25H25N3O. The molecule has 0 unspecified atom stereocenters. The third kappa shape index (κ3) is 3.76. The molecule has 3 aromatic carbocycles.